The average molecular weight is 396 g/mol. The number of carbonyl (C=O) groups excluding carboxylic acids is 4. The van der Waals surface area contributed by atoms with E-state index in [2.05, 4.69) is 10.6 Å². The highest BCUT2D eigenvalue weighted by molar-refractivity contribution is 6.08. The van der Waals surface area contributed by atoms with Crippen LogP contribution in [0.4, 0.5) is 4.79 Å². The standard InChI is InChI=1S/C20H33N3O5/c1-4-5-12-20(3)18(26)23(19(27)22-20)13-16(24)28-14(2)17(25)21-15-10-8-6-7-9-11-15/h14-15H,4-13H2,1-3H3,(H,21,25)(H,22,27)/t14-,20+/m0/s1. The molecule has 1 aliphatic heterocycles. The van der Waals surface area contributed by atoms with E-state index in [1.807, 2.05) is 6.92 Å². The van der Waals surface area contributed by atoms with Crippen LogP contribution in [0.25, 0.3) is 0 Å². The highest BCUT2D eigenvalue weighted by Crippen LogP contribution is 2.23. The molecule has 8 heteroatoms. The molecule has 2 aliphatic rings. The first-order valence-corrected chi connectivity index (χ1v) is 10.4. The molecular formula is C20H33N3O5. The highest BCUT2D eigenvalue weighted by Gasteiger charge is 2.48. The Kier molecular flexibility index (Phi) is 7.83. The Bertz CT molecular complexity index is 601. The normalized spacial score (nSPS) is 24.5. The summed E-state index contributed by atoms with van der Waals surface area (Å²) in [4.78, 5) is 50.0. The molecule has 1 aliphatic carbocycles. The summed E-state index contributed by atoms with van der Waals surface area (Å²) >= 11 is 0. The fourth-order valence-electron chi connectivity index (χ4n) is 3.75. The molecule has 0 aromatic heterocycles. The number of unbranched alkanes of at least 4 members (excludes halogenated alkanes) is 1. The molecule has 0 spiro atoms. The molecule has 8 nitrogen and oxygen atoms in total. The molecule has 2 N–H and O–H groups in total. The average Bonchev–Trinajstić information content (AvgIpc) is 2.83. The van der Waals surface area contributed by atoms with Crippen LogP contribution in [0, 0.1) is 0 Å². The molecule has 28 heavy (non-hydrogen) atoms. The van der Waals surface area contributed by atoms with Crippen molar-refractivity contribution >= 4 is 23.8 Å². The Morgan fingerprint density at radius 1 is 1.25 bits per heavy atom. The quantitative estimate of drug-likeness (QED) is 0.373. The van der Waals surface area contributed by atoms with Crippen molar-refractivity contribution in [1.82, 2.24) is 15.5 Å². The van der Waals surface area contributed by atoms with Gasteiger partial charge < -0.3 is 15.4 Å². The second kappa shape index (κ2) is 9.89. The zero-order valence-electron chi connectivity index (χ0n) is 17.2. The summed E-state index contributed by atoms with van der Waals surface area (Å²) in [5.74, 6) is -1.55. The highest BCUT2D eigenvalue weighted by atomic mass is 16.5. The van der Waals surface area contributed by atoms with Crippen LogP contribution in [-0.4, -0.2) is 52.9 Å². The fraction of sp³-hybridized carbons (Fsp3) is 0.800. The van der Waals surface area contributed by atoms with Gasteiger partial charge >= 0.3 is 12.0 Å². The van der Waals surface area contributed by atoms with E-state index in [0.717, 1.165) is 43.4 Å². The van der Waals surface area contributed by atoms with Gasteiger partial charge in [-0.2, -0.15) is 0 Å². The number of hydrogen-bond acceptors (Lipinski definition) is 5. The smallest absolute Gasteiger partial charge is 0.327 e. The lowest BCUT2D eigenvalue weighted by molar-refractivity contribution is -0.156. The molecule has 2 atom stereocenters. The number of hydrogen-bond donors (Lipinski definition) is 2. The molecular weight excluding hydrogens is 362 g/mol. The maximum Gasteiger partial charge on any atom is 0.327 e. The predicted octanol–water partition coefficient (Wildman–Crippen LogP) is 2.26. The van der Waals surface area contributed by atoms with Gasteiger partial charge in [0.15, 0.2) is 6.10 Å². The van der Waals surface area contributed by atoms with E-state index in [4.69, 9.17) is 4.74 Å². The van der Waals surface area contributed by atoms with Crippen LogP contribution in [0.3, 0.4) is 0 Å². The predicted molar refractivity (Wildman–Crippen MR) is 103 cm³/mol. The van der Waals surface area contributed by atoms with Crippen LogP contribution in [0.5, 0.6) is 0 Å². The van der Waals surface area contributed by atoms with Gasteiger partial charge in [-0.1, -0.05) is 45.4 Å². The van der Waals surface area contributed by atoms with Gasteiger partial charge in [0.1, 0.15) is 12.1 Å². The van der Waals surface area contributed by atoms with E-state index < -0.39 is 36.1 Å². The zero-order chi connectivity index (χ0) is 20.7. The molecule has 4 amide bonds. The minimum Gasteiger partial charge on any atom is -0.451 e. The molecule has 0 bridgehead atoms. The van der Waals surface area contributed by atoms with Gasteiger partial charge in [0.25, 0.3) is 11.8 Å². The molecule has 0 aromatic rings. The van der Waals surface area contributed by atoms with Gasteiger partial charge in [-0.15, -0.1) is 0 Å². The van der Waals surface area contributed by atoms with Crippen molar-refractivity contribution in [3.63, 3.8) is 0 Å². The third kappa shape index (κ3) is 5.69. The summed E-state index contributed by atoms with van der Waals surface area (Å²) in [6.07, 6.45) is 7.64. The Labute approximate surface area is 166 Å². The Hall–Kier alpha value is -2.12. The van der Waals surface area contributed by atoms with Crippen molar-refractivity contribution < 1.29 is 23.9 Å². The van der Waals surface area contributed by atoms with Crippen molar-refractivity contribution in [2.75, 3.05) is 6.54 Å². The van der Waals surface area contributed by atoms with E-state index in [1.54, 1.807) is 6.92 Å². The zero-order valence-corrected chi connectivity index (χ0v) is 17.2. The van der Waals surface area contributed by atoms with Crippen molar-refractivity contribution in [3.05, 3.63) is 0 Å². The van der Waals surface area contributed by atoms with Crippen molar-refractivity contribution in [2.45, 2.75) is 96.2 Å². The lowest BCUT2D eigenvalue weighted by Crippen LogP contribution is -2.45. The van der Waals surface area contributed by atoms with Gasteiger partial charge in [-0.25, -0.2) is 4.79 Å². The first-order valence-electron chi connectivity index (χ1n) is 10.4. The Morgan fingerprint density at radius 3 is 2.50 bits per heavy atom. The summed E-state index contributed by atoms with van der Waals surface area (Å²) in [5, 5.41) is 5.59. The second-order valence-corrected chi connectivity index (χ2v) is 8.09. The first-order chi connectivity index (χ1) is 13.3. The van der Waals surface area contributed by atoms with E-state index in [9.17, 15) is 19.2 Å². The minimum absolute atomic E-state index is 0.112. The SMILES string of the molecule is CCCC[C@@]1(C)NC(=O)N(CC(=O)O[C@@H](C)C(=O)NC2CCCCCC2)C1=O. The third-order valence-corrected chi connectivity index (χ3v) is 5.54. The number of esters is 1. The molecule has 2 rings (SSSR count). The Morgan fingerprint density at radius 2 is 1.89 bits per heavy atom. The van der Waals surface area contributed by atoms with E-state index in [0.29, 0.717) is 6.42 Å². The van der Waals surface area contributed by atoms with Crippen LogP contribution in [0.1, 0.15) is 78.6 Å². The van der Waals surface area contributed by atoms with Crippen LogP contribution >= 0.6 is 0 Å². The summed E-state index contributed by atoms with van der Waals surface area (Å²) in [6, 6.07) is -0.488. The largest absolute Gasteiger partial charge is 0.451 e. The lowest BCUT2D eigenvalue weighted by atomic mass is 9.95. The lowest BCUT2D eigenvalue weighted by Gasteiger charge is -2.22. The number of nitrogens with one attached hydrogen (secondary N) is 2. The molecule has 1 saturated carbocycles. The van der Waals surface area contributed by atoms with Gasteiger partial charge in [0, 0.05) is 6.04 Å². The fourth-order valence-corrected chi connectivity index (χ4v) is 3.75. The van der Waals surface area contributed by atoms with Crippen LogP contribution in [0.2, 0.25) is 0 Å². The van der Waals surface area contributed by atoms with Crippen LogP contribution in [-0.2, 0) is 19.1 Å². The van der Waals surface area contributed by atoms with Crippen LogP contribution < -0.4 is 10.6 Å². The number of carbonyl (C=O) groups is 4. The Balaban J connectivity index is 1.84. The first kappa shape index (κ1) is 22.2. The number of nitrogens with zero attached hydrogens (tertiary/aromatic N) is 1. The molecule has 0 aromatic carbocycles. The van der Waals surface area contributed by atoms with Gasteiger partial charge in [-0.3, -0.25) is 19.3 Å². The summed E-state index contributed by atoms with van der Waals surface area (Å²) < 4.78 is 5.17. The molecule has 0 radical (unpaired) electrons. The molecule has 2 fully saturated rings. The van der Waals surface area contributed by atoms with Crippen molar-refractivity contribution in [1.29, 1.82) is 0 Å². The second-order valence-electron chi connectivity index (χ2n) is 8.09. The molecule has 1 heterocycles. The number of amides is 4. The van der Waals surface area contributed by atoms with Crippen molar-refractivity contribution in [2.24, 2.45) is 0 Å². The summed E-state index contributed by atoms with van der Waals surface area (Å²) in [7, 11) is 0. The third-order valence-electron chi connectivity index (χ3n) is 5.54. The van der Waals surface area contributed by atoms with Gasteiger partial charge in [-0.05, 0) is 33.1 Å². The monoisotopic (exact) mass is 395 g/mol. The van der Waals surface area contributed by atoms with Gasteiger partial charge in [0.2, 0.25) is 0 Å². The van der Waals surface area contributed by atoms with E-state index >= 15 is 0 Å². The van der Waals surface area contributed by atoms with Crippen molar-refractivity contribution in [3.8, 4) is 0 Å². The van der Waals surface area contributed by atoms with Crippen LogP contribution in [0.15, 0.2) is 0 Å². The molecule has 1 saturated heterocycles. The number of imide groups is 1. The molecule has 158 valence electrons. The topological polar surface area (TPSA) is 105 Å². The summed E-state index contributed by atoms with van der Waals surface area (Å²) in [6.45, 7) is 4.67. The number of rotatable bonds is 8. The molecule has 0 unspecified atom stereocenters. The van der Waals surface area contributed by atoms with E-state index in [-0.39, 0.29) is 11.9 Å². The maximum atomic E-state index is 12.5. The van der Waals surface area contributed by atoms with Gasteiger partial charge in [0.05, 0.1) is 0 Å². The maximum absolute atomic E-state index is 12.5. The summed E-state index contributed by atoms with van der Waals surface area (Å²) in [5.41, 5.74) is -0.990. The minimum atomic E-state index is -0.990. The number of ether oxygens (including phenoxy) is 1. The van der Waals surface area contributed by atoms with E-state index in [1.165, 1.54) is 19.8 Å². The number of urea groups is 1.